The molecule has 1 aromatic heterocycles. The maximum Gasteiger partial charge on any atom is 0.336 e. The topological polar surface area (TPSA) is 96.4 Å². The van der Waals surface area contributed by atoms with Crippen molar-refractivity contribution in [3.63, 3.8) is 0 Å². The van der Waals surface area contributed by atoms with Crippen LogP contribution < -0.4 is 4.72 Å². The van der Waals surface area contributed by atoms with Crippen LogP contribution in [0.1, 0.15) is 60.1 Å². The molecular weight excluding hydrogens is 463 g/mol. The summed E-state index contributed by atoms with van der Waals surface area (Å²) in [4.78, 5) is 17.0. The van der Waals surface area contributed by atoms with Crippen molar-refractivity contribution in [3.8, 4) is 10.6 Å². The van der Waals surface area contributed by atoms with Crippen LogP contribution in [0.15, 0.2) is 47.4 Å². The van der Waals surface area contributed by atoms with Gasteiger partial charge < -0.3 is 5.11 Å². The molecule has 2 aromatic carbocycles. The van der Waals surface area contributed by atoms with Gasteiger partial charge >= 0.3 is 5.97 Å². The molecule has 178 valence electrons. The van der Waals surface area contributed by atoms with Crippen LogP contribution in [0.5, 0.6) is 0 Å². The number of thiazole rings is 1. The number of rotatable bonds is 8. The summed E-state index contributed by atoms with van der Waals surface area (Å²) in [6, 6.07) is 10.2. The van der Waals surface area contributed by atoms with Crippen molar-refractivity contribution in [1.29, 1.82) is 0 Å². The molecule has 0 saturated carbocycles. The molecule has 3 aromatic rings. The highest BCUT2D eigenvalue weighted by Gasteiger charge is 2.20. The molecule has 9 heteroatoms. The van der Waals surface area contributed by atoms with Gasteiger partial charge in [-0.1, -0.05) is 33.8 Å². The Morgan fingerprint density at radius 2 is 1.79 bits per heavy atom. The smallest absolute Gasteiger partial charge is 0.336 e. The third kappa shape index (κ3) is 6.69. The standard InChI is InChI=1S/C22H23FN2O4S2.C2H6/c1-13(2)18-9-8-17(12-19(18)22(26)27)31(28,29)24-11-10-20-14(3)30-21(25-20)15-4-6-16(23)7-5-15;1-2/h4-9,12-13,24H,10-11H2,1-3H3,(H,26,27);1-2H3. The van der Waals surface area contributed by atoms with Gasteiger partial charge in [0.25, 0.3) is 0 Å². The van der Waals surface area contributed by atoms with Crippen LogP contribution in [-0.2, 0) is 16.4 Å². The van der Waals surface area contributed by atoms with E-state index < -0.39 is 16.0 Å². The van der Waals surface area contributed by atoms with Gasteiger partial charge in [-0.3, -0.25) is 0 Å². The fraction of sp³-hybridized carbons (Fsp3) is 0.333. The molecule has 0 radical (unpaired) electrons. The number of sulfonamides is 1. The largest absolute Gasteiger partial charge is 0.478 e. The molecule has 0 spiro atoms. The molecule has 0 aliphatic carbocycles. The van der Waals surface area contributed by atoms with E-state index in [9.17, 15) is 22.7 Å². The fourth-order valence-electron chi connectivity index (χ4n) is 3.15. The van der Waals surface area contributed by atoms with E-state index in [-0.39, 0.29) is 28.7 Å². The van der Waals surface area contributed by atoms with Gasteiger partial charge in [-0.25, -0.2) is 27.3 Å². The van der Waals surface area contributed by atoms with Gasteiger partial charge in [-0.2, -0.15) is 0 Å². The van der Waals surface area contributed by atoms with E-state index in [0.29, 0.717) is 12.0 Å². The summed E-state index contributed by atoms with van der Waals surface area (Å²) in [6.07, 6.45) is 0.374. The van der Waals surface area contributed by atoms with Crippen molar-refractivity contribution >= 4 is 27.3 Å². The molecule has 0 fully saturated rings. The number of nitrogens with zero attached hydrogens (tertiary/aromatic N) is 1. The Hall–Kier alpha value is -2.62. The van der Waals surface area contributed by atoms with E-state index in [1.165, 1.54) is 35.6 Å². The normalized spacial score (nSPS) is 11.2. The molecule has 0 amide bonds. The molecule has 0 unspecified atom stereocenters. The average molecular weight is 493 g/mol. The minimum absolute atomic E-state index is 0.0165. The Morgan fingerprint density at radius 3 is 2.36 bits per heavy atom. The maximum atomic E-state index is 13.1. The minimum Gasteiger partial charge on any atom is -0.478 e. The van der Waals surface area contributed by atoms with Crippen LogP contribution in [0.3, 0.4) is 0 Å². The average Bonchev–Trinajstić information content (AvgIpc) is 3.15. The Morgan fingerprint density at radius 1 is 1.15 bits per heavy atom. The van der Waals surface area contributed by atoms with E-state index >= 15 is 0 Å². The first kappa shape index (κ1) is 26.6. The summed E-state index contributed by atoms with van der Waals surface area (Å²) in [5, 5.41) is 10.2. The molecule has 2 N–H and O–H groups in total. The van der Waals surface area contributed by atoms with E-state index in [1.54, 1.807) is 18.2 Å². The van der Waals surface area contributed by atoms with Gasteiger partial charge in [0.2, 0.25) is 10.0 Å². The Kier molecular flexibility index (Phi) is 9.27. The SMILES string of the molecule is CC.Cc1sc(-c2ccc(F)cc2)nc1CCNS(=O)(=O)c1ccc(C(C)C)c(C(=O)O)c1. The zero-order valence-electron chi connectivity index (χ0n) is 19.3. The van der Waals surface area contributed by atoms with Gasteiger partial charge in [0, 0.05) is 23.4 Å². The monoisotopic (exact) mass is 492 g/mol. The molecule has 0 saturated heterocycles. The number of hydrogen-bond donors (Lipinski definition) is 2. The van der Waals surface area contributed by atoms with Gasteiger partial charge in [0.1, 0.15) is 10.8 Å². The summed E-state index contributed by atoms with van der Waals surface area (Å²) in [7, 11) is -3.87. The van der Waals surface area contributed by atoms with Crippen LogP contribution in [0.2, 0.25) is 0 Å². The molecule has 0 bridgehead atoms. The number of aromatic carboxylic acids is 1. The second-order valence-corrected chi connectivity index (χ2v) is 10.4. The molecule has 6 nitrogen and oxygen atoms in total. The molecule has 0 aliphatic heterocycles. The Bertz CT molecular complexity index is 1200. The second kappa shape index (κ2) is 11.5. The number of carboxylic acids is 1. The predicted molar refractivity (Wildman–Crippen MR) is 130 cm³/mol. The lowest BCUT2D eigenvalue weighted by atomic mass is 9.97. The summed E-state index contributed by atoms with van der Waals surface area (Å²) in [6.45, 7) is 9.72. The summed E-state index contributed by atoms with van der Waals surface area (Å²) >= 11 is 1.46. The number of hydrogen-bond acceptors (Lipinski definition) is 5. The van der Waals surface area contributed by atoms with Crippen molar-refractivity contribution < 1.29 is 22.7 Å². The zero-order valence-corrected chi connectivity index (χ0v) is 21.0. The highest BCUT2D eigenvalue weighted by Crippen LogP contribution is 2.28. The van der Waals surface area contributed by atoms with E-state index in [0.717, 1.165) is 21.1 Å². The van der Waals surface area contributed by atoms with Crippen molar-refractivity contribution in [2.75, 3.05) is 6.54 Å². The fourth-order valence-corrected chi connectivity index (χ4v) is 5.18. The van der Waals surface area contributed by atoms with Crippen molar-refractivity contribution in [1.82, 2.24) is 9.71 Å². The number of carbonyl (C=O) groups is 1. The number of aryl methyl sites for hydroxylation is 1. The number of carboxylic acid groups (broad SMARTS) is 1. The predicted octanol–water partition coefficient (Wildman–Crippen LogP) is 5.63. The lowest BCUT2D eigenvalue weighted by Gasteiger charge is -2.12. The lowest BCUT2D eigenvalue weighted by molar-refractivity contribution is 0.0695. The van der Waals surface area contributed by atoms with Crippen molar-refractivity contribution in [2.45, 2.75) is 51.9 Å². The van der Waals surface area contributed by atoms with Gasteiger partial charge in [0.05, 0.1) is 16.2 Å². The quantitative estimate of drug-likeness (QED) is 0.425. The minimum atomic E-state index is -3.87. The van der Waals surface area contributed by atoms with Crippen molar-refractivity contribution in [2.24, 2.45) is 0 Å². The van der Waals surface area contributed by atoms with Crippen LogP contribution in [0.25, 0.3) is 10.6 Å². The second-order valence-electron chi connectivity index (χ2n) is 7.39. The molecular formula is C24H29FN2O4S2. The summed E-state index contributed by atoms with van der Waals surface area (Å²) in [5.74, 6) is -1.52. The molecule has 3 rings (SSSR count). The lowest BCUT2D eigenvalue weighted by Crippen LogP contribution is -2.26. The third-order valence-corrected chi connectivity index (χ3v) is 7.35. The van der Waals surface area contributed by atoms with Gasteiger partial charge in [0.15, 0.2) is 0 Å². The van der Waals surface area contributed by atoms with E-state index in [2.05, 4.69) is 9.71 Å². The molecule has 0 atom stereocenters. The number of aromatic nitrogens is 1. The van der Waals surface area contributed by atoms with Crippen LogP contribution >= 0.6 is 11.3 Å². The number of benzene rings is 2. The number of halogens is 1. The first-order chi connectivity index (χ1) is 15.6. The third-order valence-electron chi connectivity index (χ3n) is 4.83. The summed E-state index contributed by atoms with van der Waals surface area (Å²) in [5.41, 5.74) is 2.12. The summed E-state index contributed by atoms with van der Waals surface area (Å²) < 4.78 is 41.0. The Balaban J connectivity index is 0.00000187. The Labute approximate surface area is 198 Å². The maximum absolute atomic E-state index is 13.1. The van der Waals surface area contributed by atoms with Crippen LogP contribution in [0.4, 0.5) is 4.39 Å². The van der Waals surface area contributed by atoms with Crippen molar-refractivity contribution in [3.05, 3.63) is 70.0 Å². The number of nitrogens with one attached hydrogen (secondary N) is 1. The first-order valence-electron chi connectivity index (χ1n) is 10.7. The first-order valence-corrected chi connectivity index (χ1v) is 13.0. The van der Waals surface area contributed by atoms with Gasteiger partial charge in [-0.05, 0) is 54.8 Å². The molecule has 1 heterocycles. The van der Waals surface area contributed by atoms with E-state index in [4.69, 9.17) is 0 Å². The highest BCUT2D eigenvalue weighted by molar-refractivity contribution is 7.89. The zero-order chi connectivity index (χ0) is 24.8. The van der Waals surface area contributed by atoms with Crippen LogP contribution in [0, 0.1) is 12.7 Å². The van der Waals surface area contributed by atoms with E-state index in [1.807, 2.05) is 34.6 Å². The van der Waals surface area contributed by atoms with Crippen LogP contribution in [-0.4, -0.2) is 31.0 Å². The molecule has 33 heavy (non-hydrogen) atoms. The van der Waals surface area contributed by atoms with Gasteiger partial charge in [-0.15, -0.1) is 11.3 Å². The highest BCUT2D eigenvalue weighted by atomic mass is 32.2. The molecule has 0 aliphatic rings.